The van der Waals surface area contributed by atoms with Gasteiger partial charge in [-0.3, -0.25) is 0 Å². The fraction of sp³-hybridized carbons (Fsp3) is 0.500. The van der Waals surface area contributed by atoms with E-state index in [2.05, 4.69) is 11.7 Å². The molecule has 0 saturated heterocycles. The number of alkyl halides is 17. The number of ether oxygens (including phenoxy) is 4. The largest absolute Gasteiger partial charge is 0.494 e. The Morgan fingerprint density at radius 3 is 1.44 bits per heavy atom. The van der Waals surface area contributed by atoms with Gasteiger partial charge in [-0.1, -0.05) is 63.3 Å². The van der Waals surface area contributed by atoms with Gasteiger partial charge < -0.3 is 18.9 Å². The molecule has 0 amide bonds. The summed E-state index contributed by atoms with van der Waals surface area (Å²) in [5.41, 5.74) is 1.75. The van der Waals surface area contributed by atoms with Crippen LogP contribution >= 0.6 is 0 Å². The predicted octanol–water partition coefficient (Wildman–Crippen LogP) is 13.0. The van der Waals surface area contributed by atoms with Crippen LogP contribution in [0.4, 0.5) is 74.6 Å². The van der Waals surface area contributed by atoms with E-state index >= 15 is 0 Å². The lowest BCUT2D eigenvalue weighted by atomic mass is 9.88. The van der Waals surface area contributed by atoms with Crippen LogP contribution < -0.4 is 14.2 Å². The summed E-state index contributed by atoms with van der Waals surface area (Å²) >= 11 is 0. The molecule has 0 spiro atoms. The van der Waals surface area contributed by atoms with E-state index in [0.717, 1.165) is 61.6 Å². The lowest BCUT2D eigenvalue weighted by Gasteiger charge is -2.42. The van der Waals surface area contributed by atoms with Gasteiger partial charge >= 0.3 is 59.6 Å². The normalized spacial score (nSPS) is 14.0. The second-order valence-corrected chi connectivity index (χ2v) is 13.9. The zero-order chi connectivity index (χ0) is 47.9. The van der Waals surface area contributed by atoms with Crippen LogP contribution in [0.15, 0.2) is 72.8 Å². The van der Waals surface area contributed by atoms with Gasteiger partial charge in [0.05, 0.1) is 25.2 Å². The molecule has 0 aromatic heterocycles. The van der Waals surface area contributed by atoms with Crippen LogP contribution in [0.2, 0.25) is 0 Å². The van der Waals surface area contributed by atoms with E-state index in [4.69, 9.17) is 14.2 Å². The zero-order valence-electron chi connectivity index (χ0n) is 32.7. The van der Waals surface area contributed by atoms with Crippen molar-refractivity contribution in [3.8, 4) is 28.4 Å². The van der Waals surface area contributed by atoms with Gasteiger partial charge in [0.15, 0.2) is 6.10 Å². The number of halogens is 17. The molecule has 3 rings (SSSR count). The van der Waals surface area contributed by atoms with E-state index in [1.54, 1.807) is 12.1 Å². The Hall–Kier alpha value is -4.99. The summed E-state index contributed by atoms with van der Waals surface area (Å²) in [5.74, 6) is -59.5. The molecule has 6 nitrogen and oxygen atoms in total. The van der Waals surface area contributed by atoms with Crippen LogP contribution in [-0.4, -0.2) is 78.9 Å². The minimum Gasteiger partial charge on any atom is -0.494 e. The molecule has 3 aromatic rings. The molecule has 0 aliphatic carbocycles. The summed E-state index contributed by atoms with van der Waals surface area (Å²) in [7, 11) is 0. The molecule has 0 heterocycles. The SMILES string of the molecule is CCCCCCCCOc1ccc(-c2ccc(C(=O)Oc3ccc(O[C@@H](C)C(=O)OCCC(F)(F)C(F)(F)C(F)(F)C(F)(F)C(F)(F)C(F)(F)C(F)(F)C(F)(F)F)cc3)cc2)cc1. The molecule has 0 fully saturated rings. The predicted molar refractivity (Wildman–Crippen MR) is 188 cm³/mol. The van der Waals surface area contributed by atoms with Crippen molar-refractivity contribution in [1.82, 2.24) is 0 Å². The standard InChI is InChI=1S/C40H37F17O6/c1-3-4-5-6-7-8-22-60-28-15-13-26(14-16-28)25-9-11-27(12-10-25)32(59)63-30-19-17-29(18-20-30)62-24(2)31(58)61-23-21-33(41,42)34(43,44)35(45,46)36(47,48)37(49,50)38(51,52)39(53,54)40(55,56)57/h9-20,24H,3-8,21-23H2,1-2H3/t24-/m0/s1. The van der Waals surface area contributed by atoms with Gasteiger partial charge in [0.2, 0.25) is 0 Å². The maximum Gasteiger partial charge on any atom is 0.460 e. The molecule has 0 aliphatic heterocycles. The number of hydrogen-bond donors (Lipinski definition) is 0. The van der Waals surface area contributed by atoms with E-state index < -0.39 is 78.7 Å². The van der Waals surface area contributed by atoms with E-state index in [1.165, 1.54) is 31.4 Å². The average molecular weight is 937 g/mol. The van der Waals surface area contributed by atoms with Crippen molar-refractivity contribution in [2.24, 2.45) is 0 Å². The average Bonchev–Trinajstić information content (AvgIpc) is 3.20. The monoisotopic (exact) mass is 936 g/mol. The Morgan fingerprint density at radius 2 is 0.937 bits per heavy atom. The van der Waals surface area contributed by atoms with Crippen molar-refractivity contribution in [2.45, 2.75) is 113 Å². The third-order valence-electron chi connectivity index (χ3n) is 9.20. The van der Waals surface area contributed by atoms with Crippen LogP contribution in [0.3, 0.4) is 0 Å². The molecule has 0 radical (unpaired) electrons. The Kier molecular flexibility index (Phi) is 16.5. The molecule has 23 heteroatoms. The molecule has 352 valence electrons. The molecule has 0 unspecified atom stereocenters. The van der Waals surface area contributed by atoms with E-state index in [1.807, 2.05) is 24.3 Å². The van der Waals surface area contributed by atoms with Gasteiger partial charge in [-0.2, -0.15) is 74.6 Å². The maximum absolute atomic E-state index is 14.2. The van der Waals surface area contributed by atoms with Crippen molar-refractivity contribution in [3.05, 3.63) is 78.4 Å². The maximum atomic E-state index is 14.2. The summed E-state index contributed by atoms with van der Waals surface area (Å²) in [6.07, 6.45) is -5.89. The third-order valence-corrected chi connectivity index (χ3v) is 9.20. The van der Waals surface area contributed by atoms with Gasteiger partial charge in [0.1, 0.15) is 17.2 Å². The summed E-state index contributed by atoms with van der Waals surface area (Å²) < 4.78 is 249. The van der Waals surface area contributed by atoms with Crippen molar-refractivity contribution in [3.63, 3.8) is 0 Å². The first-order valence-corrected chi connectivity index (χ1v) is 18.6. The zero-order valence-corrected chi connectivity index (χ0v) is 32.7. The lowest BCUT2D eigenvalue weighted by molar-refractivity contribution is -0.461. The lowest BCUT2D eigenvalue weighted by Crippen LogP contribution is -2.74. The Bertz CT molecular complexity index is 1950. The van der Waals surface area contributed by atoms with Crippen LogP contribution in [0.25, 0.3) is 11.1 Å². The first-order valence-electron chi connectivity index (χ1n) is 18.6. The molecule has 0 bridgehead atoms. The van der Waals surface area contributed by atoms with Crippen molar-refractivity contribution >= 4 is 11.9 Å². The van der Waals surface area contributed by atoms with Crippen molar-refractivity contribution < 1.29 is 103 Å². The Morgan fingerprint density at radius 1 is 0.508 bits per heavy atom. The summed E-state index contributed by atoms with van der Waals surface area (Å²) in [5, 5.41) is 0. The summed E-state index contributed by atoms with van der Waals surface area (Å²) in [6.45, 7) is 1.47. The molecule has 3 aromatic carbocycles. The molecule has 63 heavy (non-hydrogen) atoms. The molecular formula is C40H37F17O6. The highest BCUT2D eigenvalue weighted by molar-refractivity contribution is 5.91. The number of carbonyl (C=O) groups excluding carboxylic acids is 2. The van der Waals surface area contributed by atoms with Crippen LogP contribution in [0.1, 0.15) is 69.2 Å². The number of esters is 2. The minimum atomic E-state index is -8.75. The number of carbonyl (C=O) groups is 2. The molecule has 1 atom stereocenters. The topological polar surface area (TPSA) is 71.1 Å². The second kappa shape index (κ2) is 19.8. The molecular weight excluding hydrogens is 899 g/mol. The van der Waals surface area contributed by atoms with Gasteiger partial charge in [0, 0.05) is 0 Å². The van der Waals surface area contributed by atoms with Gasteiger partial charge in [-0.15, -0.1) is 0 Å². The Labute approximate surface area is 347 Å². The van der Waals surface area contributed by atoms with E-state index in [-0.39, 0.29) is 17.1 Å². The Balaban J connectivity index is 1.54. The van der Waals surface area contributed by atoms with Gasteiger partial charge in [-0.25, -0.2) is 9.59 Å². The smallest absolute Gasteiger partial charge is 0.460 e. The summed E-state index contributed by atoms with van der Waals surface area (Å²) in [6, 6.07) is 18.2. The number of unbranched alkanes of at least 4 members (excludes halogenated alkanes) is 5. The first kappa shape index (κ1) is 52.4. The highest BCUT2D eigenvalue weighted by atomic mass is 19.4. The minimum absolute atomic E-state index is 0.0655. The molecule has 0 N–H and O–H groups in total. The molecule has 0 aliphatic rings. The van der Waals surface area contributed by atoms with Crippen LogP contribution in [0, 0.1) is 0 Å². The van der Waals surface area contributed by atoms with Gasteiger partial charge in [-0.05, 0) is 73.0 Å². The summed E-state index contributed by atoms with van der Waals surface area (Å²) in [4.78, 5) is 24.9. The number of benzene rings is 3. The van der Waals surface area contributed by atoms with E-state index in [9.17, 15) is 84.2 Å². The molecule has 0 saturated carbocycles. The highest BCUT2D eigenvalue weighted by Gasteiger charge is 2.95. The number of rotatable bonds is 23. The first-order chi connectivity index (χ1) is 28.9. The quantitative estimate of drug-likeness (QED) is 0.0408. The van der Waals surface area contributed by atoms with Crippen molar-refractivity contribution in [2.75, 3.05) is 13.2 Å². The third kappa shape index (κ3) is 11.2. The van der Waals surface area contributed by atoms with E-state index in [0.29, 0.717) is 12.4 Å². The van der Waals surface area contributed by atoms with Crippen LogP contribution in [-0.2, 0) is 9.53 Å². The fourth-order valence-corrected chi connectivity index (χ4v) is 5.37. The van der Waals surface area contributed by atoms with Crippen LogP contribution in [0.5, 0.6) is 17.2 Å². The second-order valence-electron chi connectivity index (χ2n) is 13.9. The van der Waals surface area contributed by atoms with Gasteiger partial charge in [0.25, 0.3) is 0 Å². The highest BCUT2D eigenvalue weighted by Crippen LogP contribution is 2.64. The number of hydrogen-bond acceptors (Lipinski definition) is 6. The van der Waals surface area contributed by atoms with Crippen molar-refractivity contribution in [1.29, 1.82) is 0 Å². The fourth-order valence-electron chi connectivity index (χ4n) is 5.37.